The van der Waals surface area contributed by atoms with Crippen molar-refractivity contribution in [2.24, 2.45) is 5.73 Å². The van der Waals surface area contributed by atoms with E-state index in [0.717, 1.165) is 5.56 Å². The Bertz CT molecular complexity index is 692. The molecule has 1 aromatic rings. The van der Waals surface area contributed by atoms with Gasteiger partial charge in [0.1, 0.15) is 0 Å². The SMILES string of the molecule is C#CC#CC#CC#Cc1cc(O)c(O)cc1CCN. The van der Waals surface area contributed by atoms with Crippen LogP contribution in [0, 0.1) is 47.9 Å². The molecule has 0 heterocycles. The first kappa shape index (κ1) is 14.1. The minimum atomic E-state index is -0.231. The highest BCUT2D eigenvalue weighted by atomic mass is 16.3. The predicted octanol–water partition coefficient (Wildman–Crippen LogP) is 0.590. The maximum absolute atomic E-state index is 9.44. The number of benzene rings is 1. The highest BCUT2D eigenvalue weighted by Gasteiger charge is 2.06. The van der Waals surface area contributed by atoms with Crippen molar-refractivity contribution in [2.75, 3.05) is 6.54 Å². The van der Waals surface area contributed by atoms with Gasteiger partial charge in [-0.3, -0.25) is 0 Å². The molecule has 0 aliphatic rings. The summed E-state index contributed by atoms with van der Waals surface area (Å²) in [5, 5.41) is 18.9. The lowest BCUT2D eigenvalue weighted by Crippen LogP contribution is -2.04. The molecule has 0 amide bonds. The second-order valence-corrected chi connectivity index (χ2v) is 3.43. The smallest absolute Gasteiger partial charge is 0.158 e. The molecular formula is C16H11NO2. The summed E-state index contributed by atoms with van der Waals surface area (Å²) in [5.74, 6) is 16.8. The van der Waals surface area contributed by atoms with Crippen LogP contribution < -0.4 is 5.73 Å². The first-order valence-corrected chi connectivity index (χ1v) is 5.40. The lowest BCUT2D eigenvalue weighted by Gasteiger charge is -2.05. The summed E-state index contributed by atoms with van der Waals surface area (Å²) in [6.45, 7) is 0.415. The lowest BCUT2D eigenvalue weighted by atomic mass is 10.0. The molecule has 0 bridgehead atoms. The number of hydrogen-bond acceptors (Lipinski definition) is 3. The monoisotopic (exact) mass is 249 g/mol. The third kappa shape index (κ3) is 4.41. The van der Waals surface area contributed by atoms with Crippen molar-refractivity contribution < 1.29 is 10.2 Å². The molecule has 0 saturated heterocycles. The van der Waals surface area contributed by atoms with E-state index in [9.17, 15) is 10.2 Å². The van der Waals surface area contributed by atoms with E-state index in [2.05, 4.69) is 41.4 Å². The first-order chi connectivity index (χ1) is 9.19. The highest BCUT2D eigenvalue weighted by Crippen LogP contribution is 2.28. The molecule has 0 atom stereocenters. The quantitative estimate of drug-likeness (QED) is 0.531. The molecule has 0 aromatic heterocycles. The first-order valence-electron chi connectivity index (χ1n) is 5.40. The molecule has 0 aliphatic carbocycles. The molecule has 1 rings (SSSR count). The van der Waals surface area contributed by atoms with Crippen LogP contribution in [-0.4, -0.2) is 16.8 Å². The number of rotatable bonds is 2. The minimum absolute atomic E-state index is 0.194. The Morgan fingerprint density at radius 2 is 1.63 bits per heavy atom. The van der Waals surface area contributed by atoms with Crippen LogP contribution in [0.5, 0.6) is 11.5 Å². The summed E-state index contributed by atoms with van der Waals surface area (Å²) >= 11 is 0. The van der Waals surface area contributed by atoms with Gasteiger partial charge in [-0.15, -0.1) is 6.42 Å². The Labute approximate surface area is 112 Å². The van der Waals surface area contributed by atoms with Crippen molar-refractivity contribution in [3.05, 3.63) is 23.3 Å². The van der Waals surface area contributed by atoms with E-state index in [0.29, 0.717) is 18.5 Å². The predicted molar refractivity (Wildman–Crippen MR) is 73.8 cm³/mol. The van der Waals surface area contributed by atoms with E-state index in [-0.39, 0.29) is 11.5 Å². The van der Waals surface area contributed by atoms with Gasteiger partial charge < -0.3 is 15.9 Å². The fourth-order valence-corrected chi connectivity index (χ4v) is 1.33. The fraction of sp³-hybridized carbons (Fsp3) is 0.125. The van der Waals surface area contributed by atoms with Gasteiger partial charge in [-0.2, -0.15) is 0 Å². The fourth-order valence-electron chi connectivity index (χ4n) is 1.33. The van der Waals surface area contributed by atoms with E-state index in [1.54, 1.807) is 0 Å². The van der Waals surface area contributed by atoms with Gasteiger partial charge in [-0.1, -0.05) is 5.92 Å². The van der Waals surface area contributed by atoms with Gasteiger partial charge in [0.25, 0.3) is 0 Å². The van der Waals surface area contributed by atoms with Crippen LogP contribution in [0.15, 0.2) is 12.1 Å². The van der Waals surface area contributed by atoms with Gasteiger partial charge >= 0.3 is 0 Å². The molecule has 1 aromatic carbocycles. The Morgan fingerprint density at radius 3 is 2.32 bits per heavy atom. The molecule has 4 N–H and O–H groups in total. The average molecular weight is 249 g/mol. The Balaban J connectivity index is 3.06. The third-order valence-electron chi connectivity index (χ3n) is 2.13. The Morgan fingerprint density at radius 1 is 1.00 bits per heavy atom. The molecule has 0 unspecified atom stereocenters. The summed E-state index contributed by atoms with van der Waals surface area (Å²) in [4.78, 5) is 0. The lowest BCUT2D eigenvalue weighted by molar-refractivity contribution is 0.403. The maximum atomic E-state index is 9.44. The second-order valence-electron chi connectivity index (χ2n) is 3.43. The zero-order valence-electron chi connectivity index (χ0n) is 10.1. The topological polar surface area (TPSA) is 66.5 Å². The largest absolute Gasteiger partial charge is 0.504 e. The summed E-state index contributed by atoms with van der Waals surface area (Å²) < 4.78 is 0. The average Bonchev–Trinajstić information content (AvgIpc) is 2.39. The van der Waals surface area contributed by atoms with E-state index < -0.39 is 0 Å². The van der Waals surface area contributed by atoms with Crippen molar-refractivity contribution in [3.63, 3.8) is 0 Å². The van der Waals surface area contributed by atoms with Crippen LogP contribution in [0.1, 0.15) is 11.1 Å². The molecule has 92 valence electrons. The highest BCUT2D eigenvalue weighted by molar-refractivity contribution is 5.54. The molecular weight excluding hydrogens is 238 g/mol. The maximum Gasteiger partial charge on any atom is 0.158 e. The number of nitrogens with two attached hydrogens (primary N) is 1. The minimum Gasteiger partial charge on any atom is -0.504 e. The van der Waals surface area contributed by atoms with E-state index in [1.807, 2.05) is 0 Å². The molecule has 3 nitrogen and oxygen atoms in total. The Kier molecular flexibility index (Phi) is 5.46. The van der Waals surface area contributed by atoms with E-state index in [1.165, 1.54) is 12.1 Å². The molecule has 0 aliphatic heterocycles. The number of phenolic OH excluding ortho intramolecular Hbond substituents is 2. The van der Waals surface area contributed by atoms with Crippen LogP contribution in [0.25, 0.3) is 0 Å². The zero-order valence-corrected chi connectivity index (χ0v) is 10.1. The number of terminal acetylenes is 1. The van der Waals surface area contributed by atoms with Crippen LogP contribution in [-0.2, 0) is 6.42 Å². The van der Waals surface area contributed by atoms with Crippen LogP contribution >= 0.6 is 0 Å². The van der Waals surface area contributed by atoms with Gasteiger partial charge in [0.2, 0.25) is 0 Å². The summed E-state index contributed by atoms with van der Waals surface area (Å²) in [5.41, 5.74) is 6.79. The second kappa shape index (κ2) is 7.37. The van der Waals surface area contributed by atoms with Crippen LogP contribution in [0.2, 0.25) is 0 Å². The number of phenols is 2. The molecule has 0 radical (unpaired) electrons. The number of hydrogen-bond donors (Lipinski definition) is 3. The van der Waals surface area contributed by atoms with Crippen LogP contribution in [0.3, 0.4) is 0 Å². The molecule has 0 fully saturated rings. The van der Waals surface area contributed by atoms with Gasteiger partial charge in [-0.05, 0) is 66.2 Å². The van der Waals surface area contributed by atoms with E-state index >= 15 is 0 Å². The van der Waals surface area contributed by atoms with Crippen molar-refractivity contribution in [2.45, 2.75) is 6.42 Å². The van der Waals surface area contributed by atoms with Crippen molar-refractivity contribution in [3.8, 4) is 59.4 Å². The molecule has 19 heavy (non-hydrogen) atoms. The summed E-state index contributed by atoms with van der Waals surface area (Å²) in [7, 11) is 0. The molecule has 0 spiro atoms. The standard InChI is InChI=1S/C16H11NO2/c1-2-3-4-5-6-7-8-13-11-15(18)16(19)12-14(13)9-10-17/h1,11-12,18-19H,9-10,17H2. The van der Waals surface area contributed by atoms with Gasteiger partial charge in [0.15, 0.2) is 11.5 Å². The third-order valence-corrected chi connectivity index (χ3v) is 2.13. The number of aromatic hydroxyl groups is 2. The van der Waals surface area contributed by atoms with Crippen molar-refractivity contribution in [1.82, 2.24) is 0 Å². The van der Waals surface area contributed by atoms with Gasteiger partial charge in [-0.25, -0.2) is 0 Å². The van der Waals surface area contributed by atoms with E-state index in [4.69, 9.17) is 12.2 Å². The summed E-state index contributed by atoms with van der Waals surface area (Å²) in [6.07, 6.45) is 5.47. The van der Waals surface area contributed by atoms with Gasteiger partial charge in [0, 0.05) is 5.56 Å². The van der Waals surface area contributed by atoms with Gasteiger partial charge in [0.05, 0.1) is 0 Å². The van der Waals surface area contributed by atoms with Crippen molar-refractivity contribution in [1.29, 1.82) is 0 Å². The Hall–Kier alpha value is -2.98. The summed E-state index contributed by atoms with van der Waals surface area (Å²) in [6, 6.07) is 2.82. The molecule has 0 saturated carbocycles. The normalized spacial score (nSPS) is 7.79. The van der Waals surface area contributed by atoms with Crippen molar-refractivity contribution >= 4 is 0 Å². The van der Waals surface area contributed by atoms with Crippen LogP contribution in [0.4, 0.5) is 0 Å². The molecule has 3 heteroatoms. The zero-order chi connectivity index (χ0) is 14.1.